The fourth-order valence-electron chi connectivity index (χ4n) is 2.88. The van der Waals surface area contributed by atoms with E-state index in [-0.39, 0.29) is 18.1 Å². The highest BCUT2D eigenvalue weighted by Gasteiger charge is 2.29. The fraction of sp³-hybridized carbons (Fsp3) is 0.467. The SMILES string of the molecule is C=C(C)Cn1c(=O)c2c(nc3n2[C@H](C)C(C)=NN3C)n(C)c1=O. The molecule has 23 heavy (non-hydrogen) atoms. The van der Waals surface area contributed by atoms with E-state index < -0.39 is 5.69 Å². The molecule has 0 radical (unpaired) electrons. The summed E-state index contributed by atoms with van der Waals surface area (Å²) in [5, 5.41) is 6.04. The standard InChI is InChI=1S/C15H20N6O2/c1-8(2)7-20-13(22)11-12(18(5)15(20)23)16-14-19(6)17-9(3)10(4)21(11)14/h10H,1,7H2,2-6H3/t10-/m1/s1. The Balaban J connectivity index is 2.46. The Labute approximate surface area is 133 Å². The number of aryl methyl sites for hydroxylation is 1. The van der Waals surface area contributed by atoms with Gasteiger partial charge in [-0.1, -0.05) is 12.2 Å². The maximum atomic E-state index is 12.9. The van der Waals surface area contributed by atoms with Crippen molar-refractivity contribution in [2.24, 2.45) is 12.1 Å². The molecule has 3 rings (SSSR count). The van der Waals surface area contributed by atoms with Gasteiger partial charge in [-0.05, 0) is 20.8 Å². The van der Waals surface area contributed by atoms with Gasteiger partial charge in [-0.3, -0.25) is 18.5 Å². The highest BCUT2D eigenvalue weighted by Crippen LogP contribution is 2.28. The third kappa shape index (κ3) is 2.05. The van der Waals surface area contributed by atoms with Gasteiger partial charge in [-0.2, -0.15) is 10.1 Å². The monoisotopic (exact) mass is 316 g/mol. The Morgan fingerprint density at radius 3 is 2.57 bits per heavy atom. The van der Waals surface area contributed by atoms with E-state index in [0.717, 1.165) is 11.3 Å². The Morgan fingerprint density at radius 1 is 1.30 bits per heavy atom. The van der Waals surface area contributed by atoms with E-state index in [1.165, 1.54) is 9.13 Å². The van der Waals surface area contributed by atoms with Crippen molar-refractivity contribution in [2.75, 3.05) is 12.1 Å². The lowest BCUT2D eigenvalue weighted by molar-refractivity contribution is 0.634. The van der Waals surface area contributed by atoms with Crippen LogP contribution in [0.4, 0.5) is 5.95 Å². The highest BCUT2D eigenvalue weighted by molar-refractivity contribution is 5.90. The summed E-state index contributed by atoms with van der Waals surface area (Å²) in [5.74, 6) is 0.554. The number of rotatable bonds is 2. The van der Waals surface area contributed by atoms with Crippen molar-refractivity contribution in [1.29, 1.82) is 0 Å². The van der Waals surface area contributed by atoms with Crippen LogP contribution in [0, 0.1) is 0 Å². The fourth-order valence-corrected chi connectivity index (χ4v) is 2.88. The Hall–Kier alpha value is -2.64. The quantitative estimate of drug-likeness (QED) is 0.770. The number of hydrogen-bond donors (Lipinski definition) is 0. The van der Waals surface area contributed by atoms with E-state index in [4.69, 9.17) is 0 Å². The predicted molar refractivity (Wildman–Crippen MR) is 90.3 cm³/mol. The van der Waals surface area contributed by atoms with Crippen molar-refractivity contribution >= 4 is 22.8 Å². The third-order valence-electron chi connectivity index (χ3n) is 4.17. The topological polar surface area (TPSA) is 77.4 Å². The Morgan fingerprint density at radius 2 is 1.96 bits per heavy atom. The van der Waals surface area contributed by atoms with E-state index in [9.17, 15) is 9.59 Å². The van der Waals surface area contributed by atoms with Gasteiger partial charge in [0.05, 0.1) is 18.3 Å². The lowest BCUT2D eigenvalue weighted by Crippen LogP contribution is -2.40. The molecule has 0 saturated carbocycles. The molecule has 1 atom stereocenters. The molecule has 2 aromatic heterocycles. The summed E-state index contributed by atoms with van der Waals surface area (Å²) in [6.45, 7) is 9.65. The number of imidazole rings is 1. The Kier molecular flexibility index (Phi) is 3.28. The van der Waals surface area contributed by atoms with Gasteiger partial charge < -0.3 is 0 Å². The zero-order valence-corrected chi connectivity index (χ0v) is 14.0. The number of hydrazone groups is 1. The zero-order chi connectivity index (χ0) is 17.0. The average Bonchev–Trinajstić information content (AvgIpc) is 2.88. The average molecular weight is 316 g/mol. The summed E-state index contributed by atoms with van der Waals surface area (Å²) < 4.78 is 4.45. The molecule has 0 fully saturated rings. The van der Waals surface area contributed by atoms with Gasteiger partial charge in [0.2, 0.25) is 5.95 Å². The Bertz CT molecular complexity index is 974. The number of allylic oxidation sites excluding steroid dienone is 1. The molecule has 8 nitrogen and oxygen atoms in total. The first kappa shape index (κ1) is 15.3. The first-order valence-electron chi connectivity index (χ1n) is 7.39. The molecule has 0 unspecified atom stereocenters. The molecule has 0 amide bonds. The maximum Gasteiger partial charge on any atom is 0.332 e. The van der Waals surface area contributed by atoms with Crippen LogP contribution in [-0.4, -0.2) is 31.4 Å². The van der Waals surface area contributed by atoms with Gasteiger partial charge in [0.1, 0.15) is 0 Å². The van der Waals surface area contributed by atoms with Gasteiger partial charge in [0.25, 0.3) is 5.56 Å². The molecule has 0 aromatic carbocycles. The van der Waals surface area contributed by atoms with Gasteiger partial charge in [0.15, 0.2) is 11.2 Å². The van der Waals surface area contributed by atoms with E-state index in [1.54, 1.807) is 26.0 Å². The van der Waals surface area contributed by atoms with Gasteiger partial charge in [0, 0.05) is 14.1 Å². The lowest BCUT2D eigenvalue weighted by atomic mass is 10.2. The molecular weight excluding hydrogens is 296 g/mol. The van der Waals surface area contributed by atoms with Crippen molar-refractivity contribution in [2.45, 2.75) is 33.4 Å². The minimum atomic E-state index is -0.395. The van der Waals surface area contributed by atoms with Crippen LogP contribution in [0.2, 0.25) is 0 Å². The molecule has 0 aliphatic carbocycles. The molecule has 2 aromatic rings. The van der Waals surface area contributed by atoms with Crippen molar-refractivity contribution < 1.29 is 0 Å². The maximum absolute atomic E-state index is 12.9. The molecule has 122 valence electrons. The third-order valence-corrected chi connectivity index (χ3v) is 4.17. The molecule has 1 aliphatic rings. The summed E-state index contributed by atoms with van der Waals surface area (Å²) in [6, 6.07) is -0.102. The minimum absolute atomic E-state index is 0.102. The highest BCUT2D eigenvalue weighted by atomic mass is 16.2. The lowest BCUT2D eigenvalue weighted by Gasteiger charge is -2.26. The van der Waals surface area contributed by atoms with Crippen LogP contribution < -0.4 is 16.3 Å². The largest absolute Gasteiger partial charge is 0.332 e. The first-order chi connectivity index (χ1) is 10.7. The molecule has 0 saturated heterocycles. The van der Waals surface area contributed by atoms with E-state index in [1.807, 2.05) is 18.4 Å². The molecule has 3 heterocycles. The van der Waals surface area contributed by atoms with Crippen LogP contribution in [0.25, 0.3) is 11.2 Å². The second-order valence-electron chi connectivity index (χ2n) is 6.08. The predicted octanol–water partition coefficient (Wildman–Crippen LogP) is 0.859. The molecule has 0 bridgehead atoms. The molecule has 8 heteroatoms. The van der Waals surface area contributed by atoms with E-state index in [0.29, 0.717) is 17.1 Å². The van der Waals surface area contributed by atoms with Gasteiger partial charge >= 0.3 is 5.69 Å². The van der Waals surface area contributed by atoms with Crippen molar-refractivity contribution in [1.82, 2.24) is 18.7 Å². The van der Waals surface area contributed by atoms with Crippen LogP contribution >= 0.6 is 0 Å². The molecule has 0 N–H and O–H groups in total. The number of nitrogens with zero attached hydrogens (tertiary/aromatic N) is 6. The molecule has 1 aliphatic heterocycles. The van der Waals surface area contributed by atoms with Crippen LogP contribution in [0.1, 0.15) is 26.8 Å². The van der Waals surface area contributed by atoms with Crippen molar-refractivity contribution in [3.05, 3.63) is 33.0 Å². The zero-order valence-electron chi connectivity index (χ0n) is 14.0. The summed E-state index contributed by atoms with van der Waals surface area (Å²) >= 11 is 0. The van der Waals surface area contributed by atoms with Crippen LogP contribution in [0.3, 0.4) is 0 Å². The number of aromatic nitrogens is 4. The molecule has 0 spiro atoms. The summed E-state index contributed by atoms with van der Waals surface area (Å²) in [5.41, 5.74) is 1.66. The number of fused-ring (bicyclic) bond motifs is 3. The van der Waals surface area contributed by atoms with E-state index >= 15 is 0 Å². The summed E-state index contributed by atoms with van der Waals surface area (Å²) in [4.78, 5) is 29.9. The second-order valence-corrected chi connectivity index (χ2v) is 6.08. The minimum Gasteiger partial charge on any atom is -0.294 e. The van der Waals surface area contributed by atoms with Crippen LogP contribution in [0.15, 0.2) is 26.8 Å². The normalized spacial score (nSPS) is 17.3. The number of hydrogen-bond acceptors (Lipinski definition) is 5. The summed E-state index contributed by atoms with van der Waals surface area (Å²) in [7, 11) is 3.40. The first-order valence-corrected chi connectivity index (χ1v) is 7.39. The summed E-state index contributed by atoms with van der Waals surface area (Å²) in [6.07, 6.45) is 0. The van der Waals surface area contributed by atoms with Crippen molar-refractivity contribution in [3.63, 3.8) is 0 Å². The van der Waals surface area contributed by atoms with Gasteiger partial charge in [-0.15, -0.1) is 0 Å². The van der Waals surface area contributed by atoms with Crippen LogP contribution in [0.5, 0.6) is 0 Å². The number of anilines is 1. The van der Waals surface area contributed by atoms with E-state index in [2.05, 4.69) is 16.7 Å². The smallest absolute Gasteiger partial charge is 0.294 e. The van der Waals surface area contributed by atoms with Crippen LogP contribution in [-0.2, 0) is 13.6 Å². The second kappa shape index (κ2) is 4.94. The van der Waals surface area contributed by atoms with Gasteiger partial charge in [-0.25, -0.2) is 9.80 Å². The molecular formula is C15H20N6O2. The van der Waals surface area contributed by atoms with Crippen molar-refractivity contribution in [3.8, 4) is 0 Å².